The van der Waals surface area contributed by atoms with Crippen LogP contribution in [0.5, 0.6) is 0 Å². The summed E-state index contributed by atoms with van der Waals surface area (Å²) in [7, 11) is 0. The third kappa shape index (κ3) is 4.45. The summed E-state index contributed by atoms with van der Waals surface area (Å²) in [5.74, 6) is 1.16. The Morgan fingerprint density at radius 2 is 1.73 bits per heavy atom. The van der Waals surface area contributed by atoms with Gasteiger partial charge in [-0.3, -0.25) is 0 Å². The number of nitrogens with zero attached hydrogens (tertiary/aromatic N) is 1. The molecule has 1 saturated heterocycles. The van der Waals surface area contributed by atoms with E-state index in [2.05, 4.69) is 10.2 Å². The van der Waals surface area contributed by atoms with Crippen molar-refractivity contribution in [1.82, 2.24) is 0 Å². The second-order valence-electron chi connectivity index (χ2n) is 6.20. The average molecular weight is 371 g/mol. The predicted octanol–water partition coefficient (Wildman–Crippen LogP) is 3.89. The maximum Gasteiger partial charge on any atom is 0.123 e. The minimum atomic E-state index is -0.686. The Kier molecular flexibility index (Phi) is 5.96. The molecule has 3 rings (SSSR count). The first kappa shape index (κ1) is 18.5. The fraction of sp³-hybridized carbons (Fsp3) is 0.250. The fourth-order valence-electron chi connectivity index (χ4n) is 2.97. The van der Waals surface area contributed by atoms with Crippen molar-refractivity contribution in [3.63, 3.8) is 0 Å². The van der Waals surface area contributed by atoms with Crippen molar-refractivity contribution in [3.8, 4) is 0 Å². The first-order valence-electron chi connectivity index (χ1n) is 8.51. The predicted molar refractivity (Wildman–Crippen MR) is 108 cm³/mol. The highest BCUT2D eigenvalue weighted by atomic mass is 32.2. The number of rotatable bonds is 5. The molecular formula is C20H22FN3OS. The van der Waals surface area contributed by atoms with Crippen molar-refractivity contribution >= 4 is 34.3 Å². The number of benzene rings is 2. The molecule has 1 aliphatic rings. The lowest BCUT2D eigenvalue weighted by Gasteiger charge is -2.30. The summed E-state index contributed by atoms with van der Waals surface area (Å²) in [4.78, 5) is 2.24. The SMILES string of the molecule is C/C(Nc1ccc(F)cc1)=C(/C=N)c1ccc(N2CC[S+]([O-])CC2)cc1. The van der Waals surface area contributed by atoms with Crippen molar-refractivity contribution in [3.05, 3.63) is 65.6 Å². The maximum absolute atomic E-state index is 13.0. The van der Waals surface area contributed by atoms with E-state index in [0.29, 0.717) is 11.5 Å². The molecule has 0 aromatic heterocycles. The molecule has 0 bridgehead atoms. The van der Waals surface area contributed by atoms with Gasteiger partial charge in [0.15, 0.2) is 0 Å². The van der Waals surface area contributed by atoms with Crippen LogP contribution in [-0.2, 0) is 11.2 Å². The molecule has 1 heterocycles. The number of hydrogen-bond acceptors (Lipinski definition) is 4. The molecule has 1 fully saturated rings. The van der Waals surface area contributed by atoms with E-state index in [4.69, 9.17) is 5.41 Å². The molecule has 0 atom stereocenters. The maximum atomic E-state index is 13.0. The van der Waals surface area contributed by atoms with Crippen LogP contribution in [0.1, 0.15) is 12.5 Å². The molecule has 2 aromatic rings. The summed E-state index contributed by atoms with van der Waals surface area (Å²) in [6.07, 6.45) is 1.32. The van der Waals surface area contributed by atoms with E-state index in [-0.39, 0.29) is 5.82 Å². The zero-order chi connectivity index (χ0) is 18.5. The molecule has 136 valence electrons. The van der Waals surface area contributed by atoms with Gasteiger partial charge in [0.25, 0.3) is 0 Å². The molecule has 4 nitrogen and oxygen atoms in total. The van der Waals surface area contributed by atoms with E-state index >= 15 is 0 Å². The van der Waals surface area contributed by atoms with E-state index in [1.807, 2.05) is 31.2 Å². The third-order valence-electron chi connectivity index (χ3n) is 4.45. The molecule has 0 aliphatic carbocycles. The number of halogens is 1. The number of nitrogens with one attached hydrogen (secondary N) is 2. The van der Waals surface area contributed by atoms with Crippen molar-refractivity contribution in [1.29, 1.82) is 5.41 Å². The van der Waals surface area contributed by atoms with Gasteiger partial charge in [-0.05, 0) is 48.9 Å². The highest BCUT2D eigenvalue weighted by Gasteiger charge is 2.19. The van der Waals surface area contributed by atoms with Crippen LogP contribution in [0, 0.1) is 11.2 Å². The topological polar surface area (TPSA) is 62.2 Å². The van der Waals surface area contributed by atoms with E-state index in [0.717, 1.165) is 41.3 Å². The van der Waals surface area contributed by atoms with Gasteiger partial charge < -0.3 is 20.2 Å². The fourth-order valence-corrected chi connectivity index (χ4v) is 4.03. The minimum absolute atomic E-state index is 0.276. The molecule has 1 aliphatic heterocycles. The molecule has 0 spiro atoms. The first-order chi connectivity index (χ1) is 12.6. The molecule has 0 amide bonds. The molecule has 6 heteroatoms. The zero-order valence-corrected chi connectivity index (χ0v) is 15.5. The van der Waals surface area contributed by atoms with Crippen molar-refractivity contribution in [2.45, 2.75) is 6.92 Å². The van der Waals surface area contributed by atoms with Crippen molar-refractivity contribution < 1.29 is 8.94 Å². The van der Waals surface area contributed by atoms with Crippen LogP contribution in [0.4, 0.5) is 15.8 Å². The second-order valence-corrected chi connectivity index (χ2v) is 7.89. The number of hydrogen-bond donors (Lipinski definition) is 2. The quantitative estimate of drug-likeness (QED) is 0.619. The molecule has 0 saturated carbocycles. The van der Waals surface area contributed by atoms with Crippen LogP contribution in [0.15, 0.2) is 54.2 Å². The van der Waals surface area contributed by atoms with Gasteiger partial charge in [-0.25, -0.2) is 4.39 Å². The van der Waals surface area contributed by atoms with Crippen LogP contribution in [0.3, 0.4) is 0 Å². The summed E-state index contributed by atoms with van der Waals surface area (Å²) in [5, 5.41) is 11.0. The summed E-state index contributed by atoms with van der Waals surface area (Å²) < 4.78 is 24.5. The molecule has 0 radical (unpaired) electrons. The summed E-state index contributed by atoms with van der Waals surface area (Å²) in [6, 6.07) is 14.2. The van der Waals surface area contributed by atoms with Crippen LogP contribution in [0.2, 0.25) is 0 Å². The lowest BCUT2D eigenvalue weighted by Crippen LogP contribution is -2.40. The molecule has 26 heavy (non-hydrogen) atoms. The van der Waals surface area contributed by atoms with Gasteiger partial charge >= 0.3 is 0 Å². The summed E-state index contributed by atoms with van der Waals surface area (Å²) >= 11 is -0.686. The van der Waals surface area contributed by atoms with Gasteiger partial charge in [0, 0.05) is 28.9 Å². The highest BCUT2D eigenvalue weighted by Crippen LogP contribution is 2.23. The minimum Gasteiger partial charge on any atom is -0.616 e. The third-order valence-corrected chi connectivity index (χ3v) is 5.72. The molecule has 2 aromatic carbocycles. The van der Waals surface area contributed by atoms with E-state index in [1.165, 1.54) is 18.3 Å². The normalized spacial score (nSPS) is 16.2. The zero-order valence-electron chi connectivity index (χ0n) is 14.7. The van der Waals surface area contributed by atoms with Gasteiger partial charge in [0.1, 0.15) is 17.3 Å². The summed E-state index contributed by atoms with van der Waals surface area (Å²) in [5.41, 5.74) is 4.44. The van der Waals surface area contributed by atoms with Gasteiger partial charge in [-0.1, -0.05) is 23.3 Å². The Morgan fingerprint density at radius 3 is 2.31 bits per heavy atom. The number of allylic oxidation sites excluding steroid dienone is 2. The van der Waals surface area contributed by atoms with Crippen molar-refractivity contribution in [2.24, 2.45) is 0 Å². The molecular weight excluding hydrogens is 349 g/mol. The molecule has 2 N–H and O–H groups in total. The highest BCUT2D eigenvalue weighted by molar-refractivity contribution is 7.91. The van der Waals surface area contributed by atoms with Gasteiger partial charge in [-0.15, -0.1) is 0 Å². The largest absolute Gasteiger partial charge is 0.616 e. The van der Waals surface area contributed by atoms with Gasteiger partial charge in [0.05, 0.1) is 13.1 Å². The average Bonchev–Trinajstić information content (AvgIpc) is 2.65. The second kappa shape index (κ2) is 8.38. The van der Waals surface area contributed by atoms with Crippen LogP contribution < -0.4 is 10.2 Å². The number of anilines is 2. The first-order valence-corrected chi connectivity index (χ1v) is 10.00. The van der Waals surface area contributed by atoms with Gasteiger partial charge in [-0.2, -0.15) is 0 Å². The standard InChI is InChI=1S/C20H22FN3OS/c1-15(23-18-6-4-17(21)5-7-18)20(14-22)16-2-8-19(9-3-16)24-10-12-26(25)13-11-24/h2-9,14,22-23H,10-13H2,1H3/b20-15+,22-14?. The Hall–Kier alpha value is -2.31. The Morgan fingerprint density at radius 1 is 1.12 bits per heavy atom. The lowest BCUT2D eigenvalue weighted by molar-refractivity contribution is 0.586. The smallest absolute Gasteiger partial charge is 0.123 e. The van der Waals surface area contributed by atoms with Gasteiger partial charge in [0.2, 0.25) is 0 Å². The van der Waals surface area contributed by atoms with Crippen LogP contribution in [0.25, 0.3) is 5.57 Å². The Bertz CT molecular complexity index is 782. The molecule has 0 unspecified atom stereocenters. The van der Waals surface area contributed by atoms with E-state index in [1.54, 1.807) is 12.1 Å². The monoisotopic (exact) mass is 371 g/mol. The Balaban J connectivity index is 1.76. The lowest BCUT2D eigenvalue weighted by atomic mass is 10.0. The van der Waals surface area contributed by atoms with Crippen molar-refractivity contribution in [2.75, 3.05) is 34.8 Å². The van der Waals surface area contributed by atoms with E-state index < -0.39 is 11.2 Å². The van der Waals surface area contributed by atoms with Crippen LogP contribution >= 0.6 is 0 Å². The summed E-state index contributed by atoms with van der Waals surface area (Å²) in [6.45, 7) is 3.52. The Labute approximate surface area is 156 Å². The van der Waals surface area contributed by atoms with E-state index in [9.17, 15) is 8.94 Å². The van der Waals surface area contributed by atoms with Crippen LogP contribution in [-0.4, -0.2) is 35.4 Å².